The Morgan fingerprint density at radius 3 is 1.94 bits per heavy atom. The van der Waals surface area contributed by atoms with Crippen molar-refractivity contribution in [3.05, 3.63) is 96.1 Å². The van der Waals surface area contributed by atoms with Crippen molar-refractivity contribution in [2.75, 3.05) is 0 Å². The number of aromatic amines is 3. The third kappa shape index (κ3) is 7.22. The number of hydrogen-bond donors (Lipinski definition) is 8. The van der Waals surface area contributed by atoms with Crippen LogP contribution in [0.4, 0.5) is 0 Å². The first-order chi connectivity index (χ1) is 23.5. The van der Waals surface area contributed by atoms with Gasteiger partial charge in [-0.3, -0.25) is 0 Å². The lowest BCUT2D eigenvalue weighted by Gasteiger charge is -1.93. The van der Waals surface area contributed by atoms with Crippen LogP contribution in [0, 0.1) is 0 Å². The Balaban J connectivity index is 0.000000108. The molecule has 0 aliphatic carbocycles. The highest BCUT2D eigenvalue weighted by molar-refractivity contribution is 7.90. The van der Waals surface area contributed by atoms with E-state index in [4.69, 9.17) is 0 Å². The third-order valence-corrected chi connectivity index (χ3v) is 14.8. The molecule has 50 heavy (non-hydrogen) atoms. The molecule has 0 radical (unpaired) electrons. The second kappa shape index (κ2) is 13.2. The van der Waals surface area contributed by atoms with E-state index in [-0.39, 0.29) is 0 Å². The summed E-state index contributed by atoms with van der Waals surface area (Å²) in [4.78, 5) is 8.99. The Morgan fingerprint density at radius 2 is 1.24 bits per heavy atom. The highest BCUT2D eigenvalue weighted by Crippen LogP contribution is 2.21. The standard InChI is InChI=1S/5C5H6N2O2S/c8-10(9)5-3-6-1-4(5)2-7-10;8-10(9)5-1-2-6-4(5)3-7-10;8-10(9)5-4(3-7-10)1-2-6-5;8-10(9)5-2-1-3-7(5)4-6-10;8-10(9)6-4-5-2-1-3-7(5)10/h1,3,6-7H,2H2;2*1-2,6-7H,3H2;2*1-3,6H,4H2. The fourth-order valence-corrected chi connectivity index (χ4v) is 10.9. The first-order valence-corrected chi connectivity index (χ1v) is 21.7. The molecule has 0 unspecified atom stereocenters. The quantitative estimate of drug-likeness (QED) is 0.0931. The minimum Gasteiger partial charge on any atom is -0.366 e. The van der Waals surface area contributed by atoms with Crippen LogP contribution in [0.2, 0.25) is 0 Å². The van der Waals surface area contributed by atoms with Gasteiger partial charge >= 0.3 is 10.2 Å². The van der Waals surface area contributed by atoms with E-state index < -0.39 is 50.3 Å². The Kier molecular flexibility index (Phi) is 9.48. The summed E-state index contributed by atoms with van der Waals surface area (Å²) >= 11 is 0. The fraction of sp³-hybridized carbons (Fsp3) is 0.200. The summed E-state index contributed by atoms with van der Waals surface area (Å²) in [6, 6.07) is 10.1. The maximum atomic E-state index is 11.0. The Hall–Kier alpha value is -4.05. The van der Waals surface area contributed by atoms with Crippen LogP contribution in [0.15, 0.2) is 93.4 Å². The molecule has 0 saturated heterocycles. The van der Waals surface area contributed by atoms with Gasteiger partial charge in [0.2, 0.25) is 20.0 Å². The van der Waals surface area contributed by atoms with Gasteiger partial charge in [0.15, 0.2) is 10.1 Å². The molecule has 0 spiro atoms. The van der Waals surface area contributed by atoms with Crippen LogP contribution in [-0.4, -0.2) is 65.6 Å². The molecule has 8 N–H and O–H groups in total. The highest BCUT2D eigenvalue weighted by atomic mass is 32.2. The van der Waals surface area contributed by atoms with E-state index in [1.807, 2.05) is 0 Å². The van der Waals surface area contributed by atoms with E-state index in [0.29, 0.717) is 52.7 Å². The van der Waals surface area contributed by atoms with Crippen LogP contribution in [0.3, 0.4) is 0 Å². The highest BCUT2D eigenvalue weighted by Gasteiger charge is 2.28. The van der Waals surface area contributed by atoms with E-state index in [1.165, 1.54) is 16.4 Å². The Bertz CT molecular complexity index is 2180. The van der Waals surface area contributed by atoms with Gasteiger partial charge in [0.1, 0.15) is 9.79 Å². The van der Waals surface area contributed by atoms with Crippen molar-refractivity contribution in [2.24, 2.45) is 0 Å². The molecule has 0 bridgehead atoms. The Morgan fingerprint density at radius 1 is 0.560 bits per heavy atom. The zero-order valence-electron chi connectivity index (χ0n) is 25.5. The van der Waals surface area contributed by atoms with Gasteiger partial charge in [0.25, 0.3) is 20.0 Å². The van der Waals surface area contributed by atoms with E-state index in [2.05, 4.69) is 38.6 Å². The number of nitrogens with zero attached hydrogens (tertiary/aromatic N) is 2. The second-order valence-electron chi connectivity index (χ2n) is 10.7. The number of sulfonamides is 4. The molecule has 25 heteroatoms. The first kappa shape index (κ1) is 35.8. The van der Waals surface area contributed by atoms with Crippen LogP contribution < -0.4 is 23.6 Å². The number of hydrogen-bond acceptors (Lipinski definition) is 10. The van der Waals surface area contributed by atoms with Crippen molar-refractivity contribution < 1.29 is 42.1 Å². The number of fused-ring (bicyclic) bond motifs is 5. The van der Waals surface area contributed by atoms with Gasteiger partial charge in [-0.25, -0.2) is 51.8 Å². The summed E-state index contributed by atoms with van der Waals surface area (Å²) in [5.74, 6) is 0. The van der Waals surface area contributed by atoms with E-state index >= 15 is 0 Å². The molecule has 5 aromatic rings. The van der Waals surface area contributed by atoms with Crippen molar-refractivity contribution in [1.29, 1.82) is 0 Å². The van der Waals surface area contributed by atoms with Crippen molar-refractivity contribution in [3.63, 3.8) is 0 Å². The molecule has 0 fully saturated rings. The molecule has 270 valence electrons. The monoisotopic (exact) mass is 790 g/mol. The molecule has 5 aliphatic rings. The van der Waals surface area contributed by atoms with E-state index in [1.54, 1.807) is 65.8 Å². The van der Waals surface area contributed by atoms with Crippen molar-refractivity contribution in [1.82, 2.24) is 47.1 Å². The SMILES string of the molecule is O=S1(=O)NCc2[nH]ccc21.O=S1(=O)NCc2c[nH]cc21.O=S1(=O)NCc2cc[nH]c21.O=S1(=O)NCc2cccn21.O=S1(=O)NCn2cccc21. The molecule has 0 aromatic carbocycles. The normalized spacial score (nSPS) is 20.8. The third-order valence-electron chi connectivity index (χ3n) is 7.54. The molecule has 5 aliphatic heterocycles. The van der Waals surface area contributed by atoms with Gasteiger partial charge in [0.05, 0.1) is 31.1 Å². The maximum Gasteiger partial charge on any atom is 0.305 e. The number of nitrogens with one attached hydrogen (secondary N) is 8. The molecular weight excluding hydrogens is 761 g/mol. The largest absolute Gasteiger partial charge is 0.366 e. The second-order valence-corrected chi connectivity index (χ2v) is 19.2. The summed E-state index contributed by atoms with van der Waals surface area (Å²) < 4.78 is 125. The fourth-order valence-electron chi connectivity index (χ4n) is 5.07. The molecular formula is C25H30N10O10S5. The maximum absolute atomic E-state index is 11.0. The predicted octanol–water partition coefficient (Wildman–Crippen LogP) is -1.16. The van der Waals surface area contributed by atoms with Gasteiger partial charge in [-0.05, 0) is 36.4 Å². The summed E-state index contributed by atoms with van der Waals surface area (Å²) in [5.41, 5.74) is 3.18. The van der Waals surface area contributed by atoms with Gasteiger partial charge < -0.3 is 19.5 Å². The average Bonchev–Trinajstić information content (AvgIpc) is 3.90. The van der Waals surface area contributed by atoms with Crippen LogP contribution in [0.5, 0.6) is 0 Å². The van der Waals surface area contributed by atoms with Gasteiger partial charge in [-0.1, -0.05) is 0 Å². The zero-order valence-corrected chi connectivity index (χ0v) is 29.6. The Labute approximate surface area is 287 Å². The predicted molar refractivity (Wildman–Crippen MR) is 175 cm³/mol. The van der Waals surface area contributed by atoms with Crippen LogP contribution in [0.1, 0.15) is 22.5 Å². The van der Waals surface area contributed by atoms with Crippen LogP contribution in [-0.2, 0) is 83.2 Å². The van der Waals surface area contributed by atoms with Crippen LogP contribution >= 0.6 is 0 Å². The minimum atomic E-state index is -3.20. The minimum absolute atomic E-state index is 0.313. The number of H-pyrrole nitrogens is 3. The summed E-state index contributed by atoms with van der Waals surface area (Å²) in [5, 5.41) is 0.667. The van der Waals surface area contributed by atoms with Gasteiger partial charge in [-0.15, -0.1) is 0 Å². The summed E-state index contributed by atoms with van der Waals surface area (Å²) in [6.45, 7) is 2.01. The van der Waals surface area contributed by atoms with Crippen molar-refractivity contribution >= 4 is 50.3 Å². The van der Waals surface area contributed by atoms with Crippen molar-refractivity contribution in [3.8, 4) is 0 Å². The lowest BCUT2D eigenvalue weighted by atomic mass is 10.3. The average molecular weight is 791 g/mol. The topological polar surface area (TPSA) is 288 Å². The summed E-state index contributed by atoms with van der Waals surface area (Å²) in [6.07, 6.45) is 9.70. The molecule has 5 aromatic heterocycles. The molecule has 0 saturated carbocycles. The van der Waals surface area contributed by atoms with E-state index in [0.717, 1.165) is 22.5 Å². The smallest absolute Gasteiger partial charge is 0.305 e. The number of rotatable bonds is 0. The summed E-state index contributed by atoms with van der Waals surface area (Å²) in [7, 11) is -15.8. The molecule has 10 rings (SSSR count). The molecule has 10 heterocycles. The lowest BCUT2D eigenvalue weighted by molar-refractivity contribution is 0.582. The van der Waals surface area contributed by atoms with Gasteiger partial charge in [0, 0.05) is 61.4 Å². The lowest BCUT2D eigenvalue weighted by Crippen LogP contribution is -2.19. The first-order valence-electron chi connectivity index (χ1n) is 14.3. The molecule has 20 nitrogen and oxygen atoms in total. The zero-order chi connectivity index (χ0) is 36.0. The van der Waals surface area contributed by atoms with Gasteiger partial charge in [-0.2, -0.15) is 17.9 Å². The van der Waals surface area contributed by atoms with Crippen molar-refractivity contribution in [2.45, 2.75) is 52.7 Å². The molecule has 0 amide bonds. The van der Waals surface area contributed by atoms with E-state index in [9.17, 15) is 42.1 Å². The molecule has 0 atom stereocenters. The van der Waals surface area contributed by atoms with Crippen LogP contribution in [0.25, 0.3) is 0 Å². The number of aromatic nitrogens is 5.